The van der Waals surface area contributed by atoms with Crippen LogP contribution in [0.4, 0.5) is 8.78 Å². The van der Waals surface area contributed by atoms with Gasteiger partial charge in [-0.2, -0.15) is 0 Å². The molecule has 0 bridgehead atoms. The van der Waals surface area contributed by atoms with Crippen LogP contribution in [0.2, 0.25) is 0 Å². The molecule has 0 amide bonds. The molecule has 0 aliphatic heterocycles. The number of carboxylic acid groups (broad SMARTS) is 1. The van der Waals surface area contributed by atoms with Gasteiger partial charge in [0.15, 0.2) is 11.6 Å². The number of fused-ring (bicyclic) bond motifs is 2. The lowest BCUT2D eigenvalue weighted by molar-refractivity contribution is -0.139. The van der Waals surface area contributed by atoms with Crippen molar-refractivity contribution in [3.8, 4) is 16.9 Å². The van der Waals surface area contributed by atoms with Crippen molar-refractivity contribution in [3.05, 3.63) is 88.0 Å². The highest BCUT2D eigenvalue weighted by atomic mass is 19.1. The second-order valence-electron chi connectivity index (χ2n) is 12.6. The standard InChI is InChI=1S/C34H36F2O3/c1-20-8-12-28(35)25(16-20)23-11-9-21(17-24(23)26-7-5-14-33(26,2)3)19-39-29-13-10-22-6-4-15-34(30(22)31(29)36)18-27(34)32(37)38/h8-13,16-17,26-27H,4-7,14-15,18-19H2,1-3H3,(H,37,38)/t26-,27-,34+/m0/s1. The number of hydrogen-bond donors (Lipinski definition) is 1. The van der Waals surface area contributed by atoms with Gasteiger partial charge in [-0.15, -0.1) is 0 Å². The Morgan fingerprint density at radius 3 is 2.56 bits per heavy atom. The summed E-state index contributed by atoms with van der Waals surface area (Å²) in [5.41, 5.74) is 5.53. The van der Waals surface area contributed by atoms with Crippen molar-refractivity contribution < 1.29 is 23.4 Å². The SMILES string of the molecule is Cc1ccc(F)c(-c2ccc(COc3ccc4c(c3F)[C@]3(CCC4)C[C@H]3C(=O)O)cc2[C@@H]2CCCC2(C)C)c1. The molecule has 1 spiro atoms. The van der Waals surface area contributed by atoms with Gasteiger partial charge in [-0.05, 0) is 97.2 Å². The quantitative estimate of drug-likeness (QED) is 0.348. The number of aliphatic carboxylic acids is 1. The third-order valence-electron chi connectivity index (χ3n) is 9.69. The minimum absolute atomic E-state index is 0.0956. The minimum Gasteiger partial charge on any atom is -0.486 e. The van der Waals surface area contributed by atoms with E-state index in [2.05, 4.69) is 19.9 Å². The predicted octanol–water partition coefficient (Wildman–Crippen LogP) is 8.49. The van der Waals surface area contributed by atoms with E-state index in [4.69, 9.17) is 4.74 Å². The van der Waals surface area contributed by atoms with Crippen LogP contribution >= 0.6 is 0 Å². The predicted molar refractivity (Wildman–Crippen MR) is 148 cm³/mol. The van der Waals surface area contributed by atoms with Crippen LogP contribution in [0.3, 0.4) is 0 Å². The summed E-state index contributed by atoms with van der Waals surface area (Å²) >= 11 is 0. The molecule has 0 unspecified atom stereocenters. The number of hydrogen-bond acceptors (Lipinski definition) is 2. The maximum atomic E-state index is 15.9. The molecule has 39 heavy (non-hydrogen) atoms. The van der Waals surface area contributed by atoms with Crippen LogP contribution in [0.25, 0.3) is 11.1 Å². The van der Waals surface area contributed by atoms with Crippen LogP contribution in [0, 0.1) is 29.9 Å². The Morgan fingerprint density at radius 2 is 1.85 bits per heavy atom. The van der Waals surface area contributed by atoms with Gasteiger partial charge in [0, 0.05) is 16.5 Å². The number of benzene rings is 3. The molecule has 2 saturated carbocycles. The van der Waals surface area contributed by atoms with E-state index in [0.29, 0.717) is 24.0 Å². The summed E-state index contributed by atoms with van der Waals surface area (Å²) in [5.74, 6) is -1.55. The maximum absolute atomic E-state index is 15.9. The first kappa shape index (κ1) is 26.0. The Labute approximate surface area is 229 Å². The molecular formula is C34H36F2O3. The van der Waals surface area contributed by atoms with E-state index in [9.17, 15) is 9.90 Å². The average Bonchev–Trinajstić information content (AvgIpc) is 3.50. The molecule has 2 fully saturated rings. The zero-order valence-corrected chi connectivity index (χ0v) is 22.9. The molecular weight excluding hydrogens is 494 g/mol. The van der Waals surface area contributed by atoms with E-state index in [1.165, 1.54) is 6.07 Å². The van der Waals surface area contributed by atoms with E-state index in [-0.39, 0.29) is 29.5 Å². The van der Waals surface area contributed by atoms with Crippen LogP contribution in [-0.2, 0) is 23.2 Å². The lowest BCUT2D eigenvalue weighted by Crippen LogP contribution is -2.23. The molecule has 3 aliphatic rings. The van der Waals surface area contributed by atoms with Crippen molar-refractivity contribution >= 4 is 5.97 Å². The van der Waals surface area contributed by atoms with Gasteiger partial charge in [0.25, 0.3) is 0 Å². The summed E-state index contributed by atoms with van der Waals surface area (Å²) in [4.78, 5) is 11.7. The molecule has 0 heterocycles. The van der Waals surface area contributed by atoms with Gasteiger partial charge >= 0.3 is 5.97 Å². The number of carbonyl (C=O) groups is 1. The van der Waals surface area contributed by atoms with Crippen molar-refractivity contribution in [2.45, 2.75) is 83.7 Å². The minimum atomic E-state index is -0.846. The molecule has 3 aromatic rings. The monoisotopic (exact) mass is 530 g/mol. The highest BCUT2D eigenvalue weighted by Gasteiger charge is 2.62. The summed E-state index contributed by atoms with van der Waals surface area (Å²) in [6.45, 7) is 6.72. The largest absolute Gasteiger partial charge is 0.486 e. The molecule has 3 nitrogen and oxygen atoms in total. The van der Waals surface area contributed by atoms with Crippen molar-refractivity contribution in [1.29, 1.82) is 0 Å². The topological polar surface area (TPSA) is 46.5 Å². The molecule has 3 atom stereocenters. The van der Waals surface area contributed by atoms with Crippen molar-refractivity contribution in [2.24, 2.45) is 11.3 Å². The smallest absolute Gasteiger partial charge is 0.307 e. The lowest BCUT2D eigenvalue weighted by Gasteiger charge is -2.30. The average molecular weight is 531 g/mol. The second-order valence-corrected chi connectivity index (χ2v) is 12.6. The van der Waals surface area contributed by atoms with Crippen molar-refractivity contribution in [2.75, 3.05) is 0 Å². The maximum Gasteiger partial charge on any atom is 0.307 e. The van der Waals surface area contributed by atoms with Gasteiger partial charge < -0.3 is 9.84 Å². The molecule has 0 saturated heterocycles. The highest BCUT2D eigenvalue weighted by molar-refractivity contribution is 5.78. The fraction of sp³-hybridized carbons (Fsp3) is 0.441. The number of carboxylic acids is 1. The summed E-state index contributed by atoms with van der Waals surface area (Å²) in [6.07, 6.45) is 6.13. The van der Waals surface area contributed by atoms with Gasteiger partial charge in [0.05, 0.1) is 5.92 Å². The molecule has 5 heteroatoms. The van der Waals surface area contributed by atoms with E-state index >= 15 is 8.78 Å². The van der Waals surface area contributed by atoms with Crippen LogP contribution < -0.4 is 4.74 Å². The molecule has 3 aromatic carbocycles. The lowest BCUT2D eigenvalue weighted by atomic mass is 9.75. The molecule has 6 rings (SSSR count). The molecule has 3 aliphatic carbocycles. The summed E-state index contributed by atoms with van der Waals surface area (Å²) in [7, 11) is 0. The zero-order valence-electron chi connectivity index (χ0n) is 22.9. The van der Waals surface area contributed by atoms with Crippen LogP contribution in [0.15, 0.2) is 48.5 Å². The number of aryl methyl sites for hydroxylation is 2. The molecule has 0 radical (unpaired) electrons. The number of halogens is 2. The fourth-order valence-corrected chi connectivity index (χ4v) is 7.50. The Morgan fingerprint density at radius 1 is 1.03 bits per heavy atom. The highest BCUT2D eigenvalue weighted by Crippen LogP contribution is 2.61. The second kappa shape index (κ2) is 9.46. The molecule has 1 N–H and O–H groups in total. The van der Waals surface area contributed by atoms with E-state index in [1.807, 2.05) is 31.2 Å². The summed E-state index contributed by atoms with van der Waals surface area (Å²) in [6, 6.07) is 14.9. The Bertz CT molecular complexity index is 1460. The Kier molecular flexibility index (Phi) is 6.32. The van der Waals surface area contributed by atoms with Gasteiger partial charge in [-0.25, -0.2) is 8.78 Å². The summed E-state index contributed by atoms with van der Waals surface area (Å²) < 4.78 is 36.9. The third-order valence-corrected chi connectivity index (χ3v) is 9.69. The summed E-state index contributed by atoms with van der Waals surface area (Å²) in [5, 5.41) is 9.62. The van der Waals surface area contributed by atoms with Gasteiger partial charge in [-0.1, -0.05) is 56.2 Å². The van der Waals surface area contributed by atoms with Crippen molar-refractivity contribution in [3.63, 3.8) is 0 Å². The first-order valence-electron chi connectivity index (χ1n) is 14.2. The van der Waals surface area contributed by atoms with Crippen molar-refractivity contribution in [1.82, 2.24) is 0 Å². The Hall–Kier alpha value is -3.21. The van der Waals surface area contributed by atoms with Crippen LogP contribution in [0.5, 0.6) is 5.75 Å². The zero-order chi connectivity index (χ0) is 27.5. The van der Waals surface area contributed by atoms with Crippen LogP contribution in [0.1, 0.15) is 86.1 Å². The first-order valence-corrected chi connectivity index (χ1v) is 14.2. The fourth-order valence-electron chi connectivity index (χ4n) is 7.50. The molecule has 204 valence electrons. The van der Waals surface area contributed by atoms with Gasteiger partial charge in [-0.3, -0.25) is 4.79 Å². The third kappa shape index (κ3) is 4.44. The van der Waals surface area contributed by atoms with E-state index in [1.54, 1.807) is 12.1 Å². The molecule has 0 aromatic heterocycles. The van der Waals surface area contributed by atoms with Gasteiger partial charge in [0.2, 0.25) is 0 Å². The van der Waals surface area contributed by atoms with Gasteiger partial charge in [0.1, 0.15) is 12.4 Å². The van der Waals surface area contributed by atoms with E-state index in [0.717, 1.165) is 59.9 Å². The normalized spacial score (nSPS) is 24.9. The van der Waals surface area contributed by atoms with Crippen LogP contribution in [-0.4, -0.2) is 11.1 Å². The van der Waals surface area contributed by atoms with E-state index < -0.39 is 23.1 Å². The number of rotatable bonds is 6. The Balaban J connectivity index is 1.33. The number of ether oxygens (including phenoxy) is 1. The first-order chi connectivity index (χ1) is 18.6.